The fourth-order valence-corrected chi connectivity index (χ4v) is 2.80. The van der Waals surface area contributed by atoms with E-state index in [1.165, 1.54) is 23.9 Å². The average molecular weight is 343 g/mol. The number of benzene rings is 2. The summed E-state index contributed by atoms with van der Waals surface area (Å²) >= 11 is 1.36. The van der Waals surface area contributed by atoms with Crippen LogP contribution in [0.5, 0.6) is 0 Å². The van der Waals surface area contributed by atoms with E-state index in [0.717, 1.165) is 16.2 Å². The van der Waals surface area contributed by atoms with E-state index in [1.807, 2.05) is 24.3 Å². The minimum Gasteiger partial charge on any atom is -0.299 e. The Balaban J connectivity index is 1.48. The maximum absolute atomic E-state index is 12.9. The van der Waals surface area contributed by atoms with Crippen molar-refractivity contribution in [2.75, 3.05) is 5.75 Å². The highest BCUT2D eigenvalue weighted by molar-refractivity contribution is 7.99. The van der Waals surface area contributed by atoms with Crippen LogP contribution >= 0.6 is 11.8 Å². The van der Waals surface area contributed by atoms with Gasteiger partial charge in [0, 0.05) is 0 Å². The number of halogens is 1. The molecule has 7 heteroatoms. The van der Waals surface area contributed by atoms with E-state index in [2.05, 4.69) is 27.4 Å². The van der Waals surface area contributed by atoms with Crippen LogP contribution in [-0.2, 0) is 4.79 Å². The zero-order valence-corrected chi connectivity index (χ0v) is 13.5. The number of hydrazine groups is 1. The largest absolute Gasteiger partial charge is 0.315 e. The number of imidazole rings is 1. The van der Waals surface area contributed by atoms with Crippen molar-refractivity contribution in [3.8, 4) is 0 Å². The van der Waals surface area contributed by atoms with E-state index >= 15 is 0 Å². The van der Waals surface area contributed by atoms with Gasteiger partial charge in [0.1, 0.15) is 5.82 Å². The Kier molecular flexibility index (Phi) is 4.81. The maximum Gasteiger partial charge on any atom is 0.315 e. The molecule has 4 N–H and O–H groups in total. The van der Waals surface area contributed by atoms with Gasteiger partial charge in [0.25, 0.3) is 0 Å². The number of carbonyl (C=O) groups excluding carboxylic acids is 1. The summed E-state index contributed by atoms with van der Waals surface area (Å²) in [5.41, 5.74) is 8.47. The number of aromatic nitrogens is 2. The monoisotopic (exact) mass is 343 g/mol. The SMILES string of the molecule is C=C(NNC(=O)CSc1[nH]c2ccccc2[nH+]1)c1ccc(F)cc1. The standard InChI is InChI=1S/C17H15FN4OS/c1-11(12-6-8-13(18)9-7-12)21-22-16(23)10-24-17-19-14-4-2-3-5-15(14)20-17/h2-9,21H,1,10H2,(H,19,20)(H,22,23)/p+1. The van der Waals surface area contributed by atoms with E-state index in [4.69, 9.17) is 0 Å². The van der Waals surface area contributed by atoms with Crippen LogP contribution < -0.4 is 15.8 Å². The number of fused-ring (bicyclic) bond motifs is 1. The third-order valence-corrected chi connectivity index (χ3v) is 4.22. The number of H-pyrrole nitrogens is 2. The number of hydrogen-bond acceptors (Lipinski definition) is 3. The normalized spacial score (nSPS) is 10.5. The molecular formula is C17H16FN4OS+. The molecule has 0 unspecified atom stereocenters. The molecule has 0 aliphatic heterocycles. The lowest BCUT2D eigenvalue weighted by atomic mass is 10.2. The Labute approximate surface area is 142 Å². The lowest BCUT2D eigenvalue weighted by molar-refractivity contribution is -0.396. The molecule has 0 spiro atoms. The summed E-state index contributed by atoms with van der Waals surface area (Å²) in [6.45, 7) is 3.81. The molecular weight excluding hydrogens is 327 g/mol. The van der Waals surface area contributed by atoms with Gasteiger partial charge in [-0.3, -0.25) is 15.6 Å². The molecule has 0 bridgehead atoms. The molecule has 122 valence electrons. The van der Waals surface area contributed by atoms with Gasteiger partial charge in [-0.15, -0.1) is 0 Å². The minimum absolute atomic E-state index is 0.199. The number of hydrogen-bond donors (Lipinski definition) is 3. The summed E-state index contributed by atoms with van der Waals surface area (Å²) in [7, 11) is 0. The zero-order valence-electron chi connectivity index (χ0n) is 12.7. The molecule has 1 aromatic heterocycles. The Morgan fingerprint density at radius 1 is 1.17 bits per heavy atom. The van der Waals surface area contributed by atoms with Crippen molar-refractivity contribution < 1.29 is 14.2 Å². The third-order valence-electron chi connectivity index (χ3n) is 3.32. The number of para-hydroxylation sites is 2. The molecule has 3 rings (SSSR count). The number of nitrogens with one attached hydrogen (secondary N) is 4. The van der Waals surface area contributed by atoms with Gasteiger partial charge in [-0.25, -0.2) is 14.4 Å². The van der Waals surface area contributed by atoms with E-state index in [-0.39, 0.29) is 17.5 Å². The first-order valence-electron chi connectivity index (χ1n) is 7.24. The predicted molar refractivity (Wildman–Crippen MR) is 92.3 cm³/mol. The second-order valence-corrected chi connectivity index (χ2v) is 6.06. The Morgan fingerprint density at radius 3 is 2.67 bits per heavy atom. The topological polar surface area (TPSA) is 71.1 Å². The molecule has 0 fully saturated rings. The number of aromatic amines is 2. The molecule has 1 amide bonds. The average Bonchev–Trinajstić information content (AvgIpc) is 3.01. The van der Waals surface area contributed by atoms with Crippen molar-refractivity contribution in [3.63, 3.8) is 0 Å². The first kappa shape index (κ1) is 16.1. The third kappa shape index (κ3) is 3.94. The van der Waals surface area contributed by atoms with Crippen LogP contribution in [0.2, 0.25) is 0 Å². The highest BCUT2D eigenvalue weighted by Gasteiger charge is 2.12. The molecule has 2 aromatic carbocycles. The van der Waals surface area contributed by atoms with Gasteiger partial charge in [-0.2, -0.15) is 0 Å². The maximum atomic E-state index is 12.9. The fraction of sp³-hybridized carbons (Fsp3) is 0.0588. The molecule has 3 aromatic rings. The van der Waals surface area contributed by atoms with Crippen molar-refractivity contribution in [2.45, 2.75) is 5.16 Å². The van der Waals surface area contributed by atoms with E-state index in [9.17, 15) is 9.18 Å². The summed E-state index contributed by atoms with van der Waals surface area (Å²) in [6.07, 6.45) is 0. The molecule has 0 radical (unpaired) electrons. The van der Waals surface area contributed by atoms with Gasteiger partial charge in [0.15, 0.2) is 11.0 Å². The summed E-state index contributed by atoms with van der Waals surface area (Å²) < 4.78 is 12.9. The van der Waals surface area contributed by atoms with E-state index < -0.39 is 0 Å². The van der Waals surface area contributed by atoms with Crippen molar-refractivity contribution >= 4 is 34.4 Å². The molecule has 24 heavy (non-hydrogen) atoms. The summed E-state index contributed by atoms with van der Waals surface area (Å²) in [5, 5.41) is 0.809. The van der Waals surface area contributed by atoms with Crippen LogP contribution in [0.25, 0.3) is 16.7 Å². The number of thioether (sulfide) groups is 1. The first-order chi connectivity index (χ1) is 11.6. The highest BCUT2D eigenvalue weighted by atomic mass is 32.2. The molecule has 1 heterocycles. The van der Waals surface area contributed by atoms with Gasteiger partial charge in [-0.05, 0) is 53.7 Å². The van der Waals surface area contributed by atoms with Crippen molar-refractivity contribution in [3.05, 3.63) is 66.5 Å². The van der Waals surface area contributed by atoms with Crippen LogP contribution in [0.1, 0.15) is 5.56 Å². The number of rotatable bonds is 6. The highest BCUT2D eigenvalue weighted by Crippen LogP contribution is 2.15. The quantitative estimate of drug-likeness (QED) is 0.476. The smallest absolute Gasteiger partial charge is 0.299 e. The Bertz CT molecular complexity index is 843. The molecule has 0 saturated carbocycles. The Hall–Kier alpha value is -2.80. The lowest BCUT2D eigenvalue weighted by Crippen LogP contribution is -2.37. The molecule has 0 atom stereocenters. The van der Waals surface area contributed by atoms with Gasteiger partial charge in [-0.1, -0.05) is 18.7 Å². The predicted octanol–water partition coefficient (Wildman–Crippen LogP) is 2.50. The second kappa shape index (κ2) is 7.18. The minimum atomic E-state index is -0.318. The first-order valence-corrected chi connectivity index (χ1v) is 8.23. The van der Waals surface area contributed by atoms with Crippen molar-refractivity contribution in [1.82, 2.24) is 15.8 Å². The van der Waals surface area contributed by atoms with Crippen LogP contribution in [0.15, 0.2) is 60.3 Å². The number of carbonyl (C=O) groups is 1. The summed E-state index contributed by atoms with van der Waals surface area (Å²) in [6, 6.07) is 13.7. The summed E-state index contributed by atoms with van der Waals surface area (Å²) in [4.78, 5) is 18.3. The van der Waals surface area contributed by atoms with E-state index in [0.29, 0.717) is 11.3 Å². The van der Waals surface area contributed by atoms with Crippen LogP contribution in [0.4, 0.5) is 4.39 Å². The molecule has 5 nitrogen and oxygen atoms in total. The van der Waals surface area contributed by atoms with Crippen molar-refractivity contribution in [1.29, 1.82) is 0 Å². The van der Waals surface area contributed by atoms with Crippen molar-refractivity contribution in [2.24, 2.45) is 0 Å². The van der Waals surface area contributed by atoms with E-state index in [1.54, 1.807) is 12.1 Å². The lowest BCUT2D eigenvalue weighted by Gasteiger charge is -2.10. The molecule has 0 aliphatic rings. The van der Waals surface area contributed by atoms with Gasteiger partial charge in [0.05, 0.1) is 11.4 Å². The second-order valence-electron chi connectivity index (χ2n) is 5.07. The fourth-order valence-electron chi connectivity index (χ4n) is 2.09. The van der Waals surface area contributed by atoms with Crippen LogP contribution in [0.3, 0.4) is 0 Å². The van der Waals surface area contributed by atoms with Crippen LogP contribution in [0, 0.1) is 5.82 Å². The molecule has 0 saturated heterocycles. The van der Waals surface area contributed by atoms with Crippen LogP contribution in [-0.4, -0.2) is 16.6 Å². The zero-order chi connectivity index (χ0) is 16.9. The van der Waals surface area contributed by atoms with Gasteiger partial charge < -0.3 is 0 Å². The van der Waals surface area contributed by atoms with Gasteiger partial charge in [0.2, 0.25) is 5.91 Å². The Morgan fingerprint density at radius 2 is 1.92 bits per heavy atom. The summed E-state index contributed by atoms with van der Waals surface area (Å²) in [5.74, 6) is -0.288. The molecule has 0 aliphatic carbocycles. The van der Waals surface area contributed by atoms with Gasteiger partial charge >= 0.3 is 5.16 Å². The number of amides is 1.